The average Bonchev–Trinajstić information content (AvgIpc) is 1.76. The van der Waals surface area contributed by atoms with Crippen molar-refractivity contribution in [1.82, 2.24) is 5.32 Å². The van der Waals surface area contributed by atoms with Gasteiger partial charge in [-0.1, -0.05) is 0 Å². The van der Waals surface area contributed by atoms with Gasteiger partial charge in [-0.3, -0.25) is 0 Å². The summed E-state index contributed by atoms with van der Waals surface area (Å²) in [7, 11) is 0. The fraction of sp³-hybridized carbons (Fsp3) is 0.333. The van der Waals surface area contributed by atoms with E-state index < -0.39 is 0 Å². The van der Waals surface area contributed by atoms with Crippen molar-refractivity contribution in [2.45, 2.75) is 0 Å². The molecule has 0 amide bonds. The monoisotopic (exact) mass is 86.0 g/mol. The molecule has 0 aromatic carbocycles. The normalized spacial score (nSPS) is 19.2. The minimum absolute atomic E-state index is 1.00. The van der Waals surface area contributed by atoms with Gasteiger partial charge >= 0.3 is 0 Å². The smallest absolute Gasteiger partial charge is 0.0652 e. The van der Waals surface area contributed by atoms with Crippen molar-refractivity contribution in [3.05, 3.63) is 11.6 Å². The second-order valence-electron chi connectivity index (χ2n) is 0.750. The Labute approximate surface area is 35.4 Å². The van der Waals surface area contributed by atoms with Gasteiger partial charge in [-0.05, 0) is 5.41 Å². The second kappa shape index (κ2) is 1.36. The van der Waals surface area contributed by atoms with Crippen LogP contribution in [0.5, 0.6) is 0 Å². The molecule has 1 nitrogen and oxygen atoms in total. The van der Waals surface area contributed by atoms with Crippen LogP contribution in [0.15, 0.2) is 5.41 Å². The van der Waals surface area contributed by atoms with E-state index in [2.05, 4.69) is 11.5 Å². The highest BCUT2D eigenvalue weighted by Crippen LogP contribution is 2.01. The molecular formula is C3H4NS. The summed E-state index contributed by atoms with van der Waals surface area (Å²) in [5.41, 5.74) is 0. The van der Waals surface area contributed by atoms with Crippen LogP contribution in [0.3, 0.4) is 0 Å². The first-order valence-electron chi connectivity index (χ1n) is 1.42. The molecule has 0 aromatic rings. The van der Waals surface area contributed by atoms with E-state index in [9.17, 15) is 0 Å². The molecule has 1 N–H and O–H groups in total. The molecule has 1 aliphatic rings. The lowest BCUT2D eigenvalue weighted by atomic mass is 11.0. The summed E-state index contributed by atoms with van der Waals surface area (Å²) in [6, 6.07) is 0. The van der Waals surface area contributed by atoms with Gasteiger partial charge in [0.2, 0.25) is 0 Å². The van der Waals surface area contributed by atoms with Crippen molar-refractivity contribution in [2.24, 2.45) is 0 Å². The lowest BCUT2D eigenvalue weighted by Crippen LogP contribution is -1.94. The minimum Gasteiger partial charge on any atom is -0.374 e. The summed E-state index contributed by atoms with van der Waals surface area (Å²) in [6.07, 6.45) is 2.81. The number of rotatable bonds is 0. The van der Waals surface area contributed by atoms with Crippen molar-refractivity contribution in [3.8, 4) is 0 Å². The fourth-order valence-electron chi connectivity index (χ4n) is 0.208. The van der Waals surface area contributed by atoms with Crippen molar-refractivity contribution in [1.29, 1.82) is 0 Å². The summed E-state index contributed by atoms with van der Waals surface area (Å²) < 4.78 is 0. The van der Waals surface area contributed by atoms with Gasteiger partial charge in [-0.15, -0.1) is 11.8 Å². The highest BCUT2D eigenvalue weighted by molar-refractivity contribution is 8.02. The van der Waals surface area contributed by atoms with Gasteiger partial charge in [0.25, 0.3) is 0 Å². The van der Waals surface area contributed by atoms with Crippen LogP contribution < -0.4 is 5.32 Å². The van der Waals surface area contributed by atoms with Crippen molar-refractivity contribution in [3.63, 3.8) is 0 Å². The van der Waals surface area contributed by atoms with Crippen LogP contribution in [-0.2, 0) is 0 Å². The first-order chi connectivity index (χ1) is 2.50. The number of thioether (sulfide) groups is 1. The van der Waals surface area contributed by atoms with Crippen molar-refractivity contribution in [2.75, 3.05) is 5.88 Å². The molecule has 0 aliphatic carbocycles. The molecule has 0 saturated carbocycles. The van der Waals surface area contributed by atoms with Crippen LogP contribution in [0.4, 0.5) is 0 Å². The van der Waals surface area contributed by atoms with E-state index in [0.717, 1.165) is 5.88 Å². The molecule has 27 valence electrons. The maximum atomic E-state index is 2.88. The van der Waals surface area contributed by atoms with Crippen LogP contribution in [-0.4, -0.2) is 5.88 Å². The Kier molecular flexibility index (Phi) is 0.841. The zero-order chi connectivity index (χ0) is 3.54. The lowest BCUT2D eigenvalue weighted by Gasteiger charge is -1.76. The van der Waals surface area contributed by atoms with E-state index in [1.54, 1.807) is 11.8 Å². The Morgan fingerprint density at radius 1 is 2.00 bits per heavy atom. The molecule has 1 radical (unpaired) electrons. The van der Waals surface area contributed by atoms with Crippen LogP contribution in [0, 0.1) is 6.20 Å². The predicted octanol–water partition coefficient (Wildman–Crippen LogP) is 0.555. The average molecular weight is 86.1 g/mol. The summed E-state index contributed by atoms with van der Waals surface area (Å²) in [5, 5.41) is 4.80. The van der Waals surface area contributed by atoms with Crippen LogP contribution >= 0.6 is 11.8 Å². The number of hydrogen-bond donors (Lipinski definition) is 1. The van der Waals surface area contributed by atoms with Gasteiger partial charge in [-0.2, -0.15) is 0 Å². The summed E-state index contributed by atoms with van der Waals surface area (Å²) in [4.78, 5) is 0. The van der Waals surface area contributed by atoms with Crippen molar-refractivity contribution >= 4 is 11.8 Å². The number of nitrogens with one attached hydrogen (secondary N) is 1. The first-order valence-corrected chi connectivity index (χ1v) is 2.47. The molecule has 0 atom stereocenters. The van der Waals surface area contributed by atoms with E-state index in [1.807, 2.05) is 5.41 Å². The van der Waals surface area contributed by atoms with Gasteiger partial charge < -0.3 is 5.32 Å². The zero-order valence-corrected chi connectivity index (χ0v) is 3.51. The largest absolute Gasteiger partial charge is 0.374 e. The molecule has 1 rings (SSSR count). The highest BCUT2D eigenvalue weighted by Gasteiger charge is 1.83. The fourth-order valence-corrected chi connectivity index (χ4v) is 0.625. The van der Waals surface area contributed by atoms with E-state index in [0.29, 0.717) is 0 Å². The molecule has 0 spiro atoms. The molecule has 0 bridgehead atoms. The lowest BCUT2D eigenvalue weighted by molar-refractivity contribution is 1.05. The van der Waals surface area contributed by atoms with Crippen LogP contribution in [0.1, 0.15) is 0 Å². The Morgan fingerprint density at radius 3 is 3.20 bits per heavy atom. The Hall–Kier alpha value is -0.110. The molecule has 0 unspecified atom stereocenters. The maximum Gasteiger partial charge on any atom is 0.0652 e. The van der Waals surface area contributed by atoms with E-state index in [4.69, 9.17) is 0 Å². The maximum absolute atomic E-state index is 2.88. The molecule has 0 fully saturated rings. The van der Waals surface area contributed by atoms with E-state index in [1.165, 1.54) is 0 Å². The van der Waals surface area contributed by atoms with Crippen molar-refractivity contribution < 1.29 is 0 Å². The van der Waals surface area contributed by atoms with Gasteiger partial charge in [-0.25, -0.2) is 0 Å². The third kappa shape index (κ3) is 0.581. The third-order valence-electron chi connectivity index (χ3n) is 0.400. The standard InChI is InChI=1S/C3H4NS/c1-2-5-3-4-1/h2,4H,3H2. The summed E-state index contributed by atoms with van der Waals surface area (Å²) in [5.74, 6) is 1.00. The summed E-state index contributed by atoms with van der Waals surface area (Å²) >= 11 is 1.73. The SMILES string of the molecule is [C]1=CSCN1. The molecule has 1 heterocycles. The molecule has 5 heavy (non-hydrogen) atoms. The zero-order valence-electron chi connectivity index (χ0n) is 2.69. The first kappa shape index (κ1) is 3.09. The quantitative estimate of drug-likeness (QED) is 0.462. The van der Waals surface area contributed by atoms with Crippen LogP contribution in [0.2, 0.25) is 0 Å². The van der Waals surface area contributed by atoms with Gasteiger partial charge in [0.15, 0.2) is 0 Å². The highest BCUT2D eigenvalue weighted by atomic mass is 32.2. The van der Waals surface area contributed by atoms with E-state index >= 15 is 0 Å². The van der Waals surface area contributed by atoms with Crippen LogP contribution in [0.25, 0.3) is 0 Å². The Balaban J connectivity index is 2.32. The molecule has 0 saturated heterocycles. The molecular weight excluding hydrogens is 82.1 g/mol. The third-order valence-corrected chi connectivity index (χ3v) is 0.995. The number of hydrogen-bond acceptors (Lipinski definition) is 2. The molecule has 2 heteroatoms. The molecule has 0 aromatic heterocycles. The Bertz CT molecular complexity index is 44.9. The minimum atomic E-state index is 1.00. The van der Waals surface area contributed by atoms with Gasteiger partial charge in [0, 0.05) is 0 Å². The Morgan fingerprint density at radius 2 is 3.00 bits per heavy atom. The predicted molar refractivity (Wildman–Crippen MR) is 23.4 cm³/mol. The van der Waals surface area contributed by atoms with E-state index in [-0.39, 0.29) is 0 Å². The second-order valence-corrected chi connectivity index (χ2v) is 1.61. The van der Waals surface area contributed by atoms with Gasteiger partial charge in [0.05, 0.1) is 12.1 Å². The summed E-state index contributed by atoms with van der Waals surface area (Å²) in [6.45, 7) is 0. The van der Waals surface area contributed by atoms with Gasteiger partial charge in [0.1, 0.15) is 0 Å². The molecule has 1 aliphatic heterocycles. The topological polar surface area (TPSA) is 12.0 Å².